The molecule has 0 atom stereocenters. The lowest BCUT2D eigenvalue weighted by molar-refractivity contribution is 0.201. The van der Waals surface area contributed by atoms with Gasteiger partial charge in [-0.2, -0.15) is 0 Å². The number of nitrogens with zero attached hydrogens (tertiary/aromatic N) is 2. The molecule has 6 nitrogen and oxygen atoms in total. The summed E-state index contributed by atoms with van der Waals surface area (Å²) in [4.78, 5) is 8.70. The third kappa shape index (κ3) is 6.16. The molecule has 2 aromatic rings. The van der Waals surface area contributed by atoms with E-state index < -0.39 is 0 Å². The fraction of sp³-hybridized carbons (Fsp3) is 0.429. The molecule has 1 aromatic carbocycles. The Morgan fingerprint density at radius 1 is 1.19 bits per heavy atom. The van der Waals surface area contributed by atoms with E-state index in [9.17, 15) is 0 Å². The number of hydrogen-bond acceptors (Lipinski definition) is 4. The largest absolute Gasteiger partial charge is 0.497 e. The highest BCUT2D eigenvalue weighted by Gasteiger charge is 2.16. The van der Waals surface area contributed by atoms with Gasteiger partial charge in [-0.05, 0) is 61.4 Å². The van der Waals surface area contributed by atoms with E-state index in [1.165, 1.54) is 18.4 Å². The van der Waals surface area contributed by atoms with Crippen molar-refractivity contribution in [3.05, 3.63) is 53.7 Å². The number of benzene rings is 1. The van der Waals surface area contributed by atoms with Crippen LogP contribution in [0.2, 0.25) is 0 Å². The van der Waals surface area contributed by atoms with Crippen LogP contribution >= 0.6 is 0 Å². The lowest BCUT2D eigenvalue weighted by atomic mass is 10.1. The minimum absolute atomic E-state index is 0.306. The molecular weight excluding hydrogens is 340 g/mol. The Bertz CT molecular complexity index is 740. The van der Waals surface area contributed by atoms with Crippen LogP contribution < -0.4 is 20.5 Å². The van der Waals surface area contributed by atoms with E-state index in [1.807, 2.05) is 24.3 Å². The summed E-state index contributed by atoms with van der Waals surface area (Å²) < 4.78 is 11.1. The highest BCUT2D eigenvalue weighted by atomic mass is 16.5. The molecule has 0 spiro atoms. The average molecular weight is 368 g/mol. The van der Waals surface area contributed by atoms with Gasteiger partial charge in [0, 0.05) is 18.8 Å². The summed E-state index contributed by atoms with van der Waals surface area (Å²) in [5.41, 5.74) is 8.23. The lowest BCUT2D eigenvalue weighted by Crippen LogP contribution is -2.33. The molecule has 0 saturated heterocycles. The van der Waals surface area contributed by atoms with Gasteiger partial charge in [-0.15, -0.1) is 0 Å². The first-order chi connectivity index (χ1) is 13.2. The molecule has 0 amide bonds. The molecule has 0 unspecified atom stereocenters. The van der Waals surface area contributed by atoms with Crippen molar-refractivity contribution in [1.82, 2.24) is 10.3 Å². The zero-order valence-corrected chi connectivity index (χ0v) is 15.9. The Morgan fingerprint density at radius 2 is 1.96 bits per heavy atom. The maximum absolute atomic E-state index is 5.97. The number of aromatic nitrogens is 1. The number of nitrogens with one attached hydrogen (secondary N) is 1. The van der Waals surface area contributed by atoms with Gasteiger partial charge in [0.1, 0.15) is 11.9 Å². The van der Waals surface area contributed by atoms with Crippen molar-refractivity contribution in [2.24, 2.45) is 10.7 Å². The van der Waals surface area contributed by atoms with Gasteiger partial charge >= 0.3 is 0 Å². The first-order valence-corrected chi connectivity index (χ1v) is 9.51. The van der Waals surface area contributed by atoms with Gasteiger partial charge in [-0.1, -0.05) is 12.1 Å². The summed E-state index contributed by atoms with van der Waals surface area (Å²) in [6.45, 7) is 1.24. The van der Waals surface area contributed by atoms with Gasteiger partial charge in [-0.25, -0.2) is 9.98 Å². The number of nitrogens with two attached hydrogens (primary N) is 1. The third-order valence-electron chi connectivity index (χ3n) is 4.70. The van der Waals surface area contributed by atoms with Crippen LogP contribution in [0, 0.1) is 0 Å². The maximum atomic E-state index is 5.97. The molecule has 0 bridgehead atoms. The Hall–Kier alpha value is -2.76. The summed E-state index contributed by atoms with van der Waals surface area (Å²) in [6, 6.07) is 11.9. The fourth-order valence-electron chi connectivity index (χ4n) is 3.15. The van der Waals surface area contributed by atoms with Crippen LogP contribution in [0.1, 0.15) is 36.8 Å². The molecule has 1 aromatic heterocycles. The molecule has 3 rings (SSSR count). The summed E-state index contributed by atoms with van der Waals surface area (Å²) in [7, 11) is 1.67. The smallest absolute Gasteiger partial charge is 0.213 e. The molecule has 1 aliphatic carbocycles. The second-order valence-corrected chi connectivity index (χ2v) is 6.75. The maximum Gasteiger partial charge on any atom is 0.213 e. The molecule has 144 valence electrons. The lowest BCUT2D eigenvalue weighted by Gasteiger charge is -2.12. The molecule has 1 saturated carbocycles. The predicted molar refractivity (Wildman–Crippen MR) is 107 cm³/mol. The zero-order chi connectivity index (χ0) is 18.9. The Labute approximate surface area is 160 Å². The van der Waals surface area contributed by atoms with Gasteiger partial charge in [-0.3, -0.25) is 0 Å². The Morgan fingerprint density at radius 3 is 2.70 bits per heavy atom. The van der Waals surface area contributed by atoms with Crippen molar-refractivity contribution < 1.29 is 9.47 Å². The highest BCUT2D eigenvalue weighted by molar-refractivity contribution is 5.77. The summed E-state index contributed by atoms with van der Waals surface area (Å²) in [5, 5.41) is 3.15. The second-order valence-electron chi connectivity index (χ2n) is 6.75. The Kier molecular flexibility index (Phi) is 6.90. The van der Waals surface area contributed by atoms with Crippen molar-refractivity contribution in [3.8, 4) is 11.6 Å². The van der Waals surface area contributed by atoms with Crippen molar-refractivity contribution >= 4 is 5.96 Å². The van der Waals surface area contributed by atoms with Gasteiger partial charge in [0.25, 0.3) is 0 Å². The van der Waals surface area contributed by atoms with Crippen LogP contribution in [0.3, 0.4) is 0 Å². The van der Waals surface area contributed by atoms with Crippen molar-refractivity contribution in [2.45, 2.75) is 44.8 Å². The summed E-state index contributed by atoms with van der Waals surface area (Å²) in [6.07, 6.45) is 7.67. The van der Waals surface area contributed by atoms with Gasteiger partial charge in [0.2, 0.25) is 5.88 Å². The van der Waals surface area contributed by atoms with E-state index in [0.717, 1.165) is 37.1 Å². The van der Waals surface area contributed by atoms with Crippen LogP contribution in [0.25, 0.3) is 0 Å². The van der Waals surface area contributed by atoms with Crippen molar-refractivity contribution in [1.29, 1.82) is 0 Å². The summed E-state index contributed by atoms with van der Waals surface area (Å²) in [5.74, 6) is 1.99. The third-order valence-corrected chi connectivity index (χ3v) is 4.70. The van der Waals surface area contributed by atoms with Crippen molar-refractivity contribution in [2.75, 3.05) is 13.7 Å². The standard InChI is InChI=1S/C21H28N4O2/c1-26-18-8-6-16(7-9-18)10-13-24-21(22)25-15-17-11-12-23-20(14-17)27-19-4-2-3-5-19/h6-9,11-12,14,19H,2-5,10,13,15H2,1H3,(H3,22,24,25). The van der Waals surface area contributed by atoms with E-state index >= 15 is 0 Å². The molecule has 1 aliphatic rings. The molecule has 1 fully saturated rings. The molecule has 3 N–H and O–H groups in total. The molecular formula is C21H28N4O2. The molecule has 27 heavy (non-hydrogen) atoms. The normalized spacial score (nSPS) is 14.9. The van der Waals surface area contributed by atoms with E-state index in [2.05, 4.69) is 27.4 Å². The zero-order valence-electron chi connectivity index (χ0n) is 15.9. The average Bonchev–Trinajstić information content (AvgIpc) is 3.20. The van der Waals surface area contributed by atoms with Crippen LogP contribution in [-0.2, 0) is 13.0 Å². The van der Waals surface area contributed by atoms with Gasteiger partial charge in [0.15, 0.2) is 5.96 Å². The molecule has 1 heterocycles. The SMILES string of the molecule is COc1ccc(CCNC(N)=NCc2ccnc(OC3CCCC3)c2)cc1. The molecule has 0 aliphatic heterocycles. The number of methoxy groups -OCH3 is 1. The number of hydrogen-bond donors (Lipinski definition) is 2. The quantitative estimate of drug-likeness (QED) is 0.553. The predicted octanol–water partition coefficient (Wildman–Crippen LogP) is 3.06. The number of aliphatic imine (C=N–C) groups is 1. The van der Waals surface area contributed by atoms with Crippen LogP contribution in [0.15, 0.2) is 47.6 Å². The first-order valence-electron chi connectivity index (χ1n) is 9.51. The number of pyridine rings is 1. The molecule has 0 radical (unpaired) electrons. The number of guanidine groups is 1. The first kappa shape index (κ1) is 19.0. The Balaban J connectivity index is 1.43. The number of rotatable bonds is 8. The van der Waals surface area contributed by atoms with Crippen LogP contribution in [0.5, 0.6) is 11.6 Å². The monoisotopic (exact) mass is 368 g/mol. The minimum atomic E-state index is 0.306. The topological polar surface area (TPSA) is 81.8 Å². The van der Waals surface area contributed by atoms with Crippen LogP contribution in [0.4, 0.5) is 0 Å². The minimum Gasteiger partial charge on any atom is -0.497 e. The fourth-order valence-corrected chi connectivity index (χ4v) is 3.15. The van der Waals surface area contributed by atoms with Crippen molar-refractivity contribution in [3.63, 3.8) is 0 Å². The van der Waals surface area contributed by atoms with E-state index in [0.29, 0.717) is 24.5 Å². The van der Waals surface area contributed by atoms with E-state index in [-0.39, 0.29) is 0 Å². The number of ether oxygens (including phenoxy) is 2. The summed E-state index contributed by atoms with van der Waals surface area (Å²) >= 11 is 0. The molecule has 6 heteroatoms. The van der Waals surface area contributed by atoms with Gasteiger partial charge in [0.05, 0.1) is 13.7 Å². The van der Waals surface area contributed by atoms with E-state index in [4.69, 9.17) is 15.2 Å². The van der Waals surface area contributed by atoms with E-state index in [1.54, 1.807) is 13.3 Å². The van der Waals surface area contributed by atoms with Crippen LogP contribution in [-0.4, -0.2) is 30.7 Å². The van der Waals surface area contributed by atoms with Gasteiger partial charge < -0.3 is 20.5 Å². The highest BCUT2D eigenvalue weighted by Crippen LogP contribution is 2.23. The second kappa shape index (κ2) is 9.80.